The van der Waals surface area contributed by atoms with Crippen molar-refractivity contribution in [3.63, 3.8) is 0 Å². The van der Waals surface area contributed by atoms with Crippen LogP contribution in [0.5, 0.6) is 0 Å². The molecule has 38 atom stereocenters. The first-order chi connectivity index (χ1) is 65.2. The van der Waals surface area contributed by atoms with Crippen LogP contribution < -0.4 is 16.0 Å². The molecule has 0 saturated carbocycles. The molecule has 0 aromatic carbocycles. The third-order valence-corrected chi connectivity index (χ3v) is 26.4. The summed E-state index contributed by atoms with van der Waals surface area (Å²) in [7, 11) is 0. The summed E-state index contributed by atoms with van der Waals surface area (Å²) in [5, 5.41) is 256. The van der Waals surface area contributed by atoms with Crippen molar-refractivity contribution in [2.45, 2.75) is 492 Å². The Labute approximate surface area is 796 Å². The van der Waals surface area contributed by atoms with Crippen LogP contribution in [0.1, 0.15) is 259 Å². The first-order valence-corrected chi connectivity index (χ1v) is 49.6. The molecule has 792 valence electrons. The Bertz CT molecular complexity index is 3350. The molecule has 7 rings (SSSR count). The number of carboxylic acids is 1. The van der Waals surface area contributed by atoms with Gasteiger partial charge in [0.05, 0.1) is 76.6 Å². The Morgan fingerprint density at radius 1 is 0.397 bits per heavy atom. The Hall–Kier alpha value is -4.04. The van der Waals surface area contributed by atoms with E-state index in [9.17, 15) is 132 Å². The van der Waals surface area contributed by atoms with Crippen LogP contribution in [0, 0.1) is 0 Å². The van der Waals surface area contributed by atoms with Gasteiger partial charge in [-0.25, -0.2) is 4.79 Å². The zero-order chi connectivity index (χ0) is 99.7. The SMILES string of the molecule is CCCCCCCC/C=C\CCCCCCCCCCCCCCCC(=O)N[C@@H](CO[C@@H]1OC(CO)[C@@H](O[C@@H]2OC(CO)[C@H](O)[C@H](O[C@H]3OC(CO)[C@H](O)[C@H](O[C@@H]4OC(CO)[C@@H](O[C@@H]5OC(CO)[C@H](O)[C@H](O[C@]6(C(=O)O)CC(O)[C@@H](NC(C)=O)C([C@H](O)[C@H](O)CO)O6)C5O)[C@H](O[C@H]5OC(C)[C@@H](O)C(O)[C@@H]5O)C4NC(C)=O)C3O)C2O)[C@H](O)C1O)[C@H](O)/C=C/CCCCCCCCCCCCC. The Balaban J connectivity index is 1.02. The average molecular weight is 1970 g/mol. The zero-order valence-electron chi connectivity index (χ0n) is 79.6. The van der Waals surface area contributed by atoms with Gasteiger partial charge in [0.2, 0.25) is 17.7 Å². The van der Waals surface area contributed by atoms with Crippen molar-refractivity contribution < 1.29 is 198 Å². The van der Waals surface area contributed by atoms with Crippen LogP contribution in [0.15, 0.2) is 24.3 Å². The van der Waals surface area contributed by atoms with E-state index in [1.165, 1.54) is 142 Å². The van der Waals surface area contributed by atoms with Crippen molar-refractivity contribution in [2.24, 2.45) is 0 Å². The number of aliphatic carboxylic acids is 1. The molecule has 43 heteroatoms. The summed E-state index contributed by atoms with van der Waals surface area (Å²) >= 11 is 0. The molecule has 0 aromatic rings. The molecule has 7 heterocycles. The van der Waals surface area contributed by atoms with Gasteiger partial charge in [-0.05, 0) is 51.9 Å². The fourth-order valence-corrected chi connectivity index (χ4v) is 18.3. The third-order valence-electron chi connectivity index (χ3n) is 26.4. The lowest BCUT2D eigenvalue weighted by Gasteiger charge is -2.52. The average Bonchev–Trinajstić information content (AvgIpc) is 0.775. The number of aliphatic hydroxyl groups is 21. The number of ether oxygens (including phenoxy) is 14. The van der Waals surface area contributed by atoms with Crippen molar-refractivity contribution in [3.8, 4) is 0 Å². The van der Waals surface area contributed by atoms with E-state index < -0.39 is 303 Å². The van der Waals surface area contributed by atoms with Crippen molar-refractivity contribution >= 4 is 23.7 Å². The number of amides is 3. The first-order valence-electron chi connectivity index (χ1n) is 49.6. The highest BCUT2D eigenvalue weighted by Crippen LogP contribution is 2.42. The van der Waals surface area contributed by atoms with Gasteiger partial charge in [0.15, 0.2) is 37.7 Å². The van der Waals surface area contributed by atoms with Crippen molar-refractivity contribution in [2.75, 3.05) is 46.2 Å². The highest BCUT2D eigenvalue weighted by Gasteiger charge is 2.63. The lowest BCUT2D eigenvalue weighted by atomic mass is 9.88. The number of carboxylic acid groups (broad SMARTS) is 1. The molecule has 136 heavy (non-hydrogen) atoms. The van der Waals surface area contributed by atoms with E-state index in [1.807, 2.05) is 6.08 Å². The molecule has 3 amide bonds. The summed E-state index contributed by atoms with van der Waals surface area (Å²) in [4.78, 5) is 53.0. The maximum absolute atomic E-state index is 13.7. The lowest BCUT2D eigenvalue weighted by molar-refractivity contribution is -0.401. The fraction of sp³-hybridized carbons (Fsp3) is 0.914. The van der Waals surface area contributed by atoms with E-state index in [-0.39, 0.29) is 12.3 Å². The van der Waals surface area contributed by atoms with Gasteiger partial charge in [0.1, 0.15) is 159 Å². The van der Waals surface area contributed by atoms with Gasteiger partial charge in [-0.3, -0.25) is 14.4 Å². The van der Waals surface area contributed by atoms with Gasteiger partial charge < -0.3 is 195 Å². The molecule has 0 bridgehead atoms. The number of hydrogen-bond acceptors (Lipinski definition) is 39. The molecule has 0 spiro atoms. The molecule has 7 aliphatic heterocycles. The summed E-state index contributed by atoms with van der Waals surface area (Å²) in [5.41, 5.74) is 0. The van der Waals surface area contributed by atoms with Crippen LogP contribution in [-0.4, -0.2) is 415 Å². The number of aliphatic hydroxyl groups excluding tert-OH is 21. The van der Waals surface area contributed by atoms with Gasteiger partial charge in [-0.1, -0.05) is 205 Å². The number of nitrogens with one attached hydrogen (secondary N) is 3. The van der Waals surface area contributed by atoms with E-state index in [0.29, 0.717) is 12.8 Å². The number of allylic oxidation sites excluding steroid dienone is 3. The van der Waals surface area contributed by atoms with Crippen LogP contribution in [0.25, 0.3) is 0 Å². The molecule has 7 saturated heterocycles. The summed E-state index contributed by atoms with van der Waals surface area (Å²) in [6, 6.07) is -4.91. The second-order valence-electron chi connectivity index (χ2n) is 37.3. The molecule has 7 aliphatic rings. The minimum Gasteiger partial charge on any atom is -0.477 e. The molecule has 0 aromatic heterocycles. The maximum Gasteiger partial charge on any atom is 0.364 e. The molecule has 0 radical (unpaired) electrons. The van der Waals surface area contributed by atoms with Crippen LogP contribution in [-0.2, 0) is 85.5 Å². The standard InChI is InChI=1S/C93H165N3O40/c1-6-8-10-12-14-16-18-20-21-22-23-24-25-26-27-28-29-31-33-35-37-39-41-43-64(108)96-55(56(105)42-40-38-36-34-32-30-19-17-15-13-11-9-7-2)51-123-87-75(117)73(115)79(62(49-101)129-87)130-89-77(119)84(70(112)60(47-99)125-89)134-90-76(118)83(69(111)59(46-98)126-90)133-86-66(95-54(5)104)82(132-88-74(116)72(114)67(109)52(3)124-88)80(63(50-102)128-86)131-91-78(120)85(71(113)61(48-100)127-91)136-93(92(121)122)44-57(106)65(94-53(4)103)81(135-93)68(110)58(107)45-97/h20-21,40,42,52,55-63,65-91,97-102,105-107,109-120H,6-19,22-39,41,43-51H2,1-5H3,(H,94,103)(H,95,104)(H,96,108)(H,121,122)/b21-20-,42-40+/t52?,55-,56+,57?,58+,59?,60?,61?,62?,63?,65+,66?,67+,68+,69-,70-,71-,72?,73+,74-,75?,76?,77?,78?,79+,80+,81?,82+,83-,84-,85-,86-,87+,88+,89-,90+,91-,93-/m0/s1. The van der Waals surface area contributed by atoms with Gasteiger partial charge in [-0.15, -0.1) is 0 Å². The molecular weight excluding hydrogens is 1800 g/mol. The smallest absolute Gasteiger partial charge is 0.364 e. The second kappa shape index (κ2) is 62.6. The number of hydrogen-bond donors (Lipinski definition) is 25. The fourth-order valence-electron chi connectivity index (χ4n) is 18.3. The second-order valence-corrected chi connectivity index (χ2v) is 37.3. The van der Waals surface area contributed by atoms with Gasteiger partial charge in [0.25, 0.3) is 5.79 Å². The predicted molar refractivity (Wildman–Crippen MR) is 479 cm³/mol. The first kappa shape index (κ1) is 119. The molecule has 25 N–H and O–H groups in total. The minimum atomic E-state index is -3.31. The number of carbonyl (C=O) groups excluding carboxylic acids is 3. The van der Waals surface area contributed by atoms with Crippen molar-refractivity contribution in [1.82, 2.24) is 16.0 Å². The van der Waals surface area contributed by atoms with Gasteiger partial charge in [-0.2, -0.15) is 0 Å². The monoisotopic (exact) mass is 1960 g/mol. The summed E-state index contributed by atoms with van der Waals surface area (Å²) in [5.74, 6) is -7.69. The number of rotatable bonds is 64. The number of carbonyl (C=O) groups is 4. The summed E-state index contributed by atoms with van der Waals surface area (Å²) in [6.07, 6.45) is -26.1. The zero-order valence-corrected chi connectivity index (χ0v) is 79.6. The van der Waals surface area contributed by atoms with Crippen LogP contribution in [0.2, 0.25) is 0 Å². The molecular formula is C93H165N3O40. The summed E-state index contributed by atoms with van der Waals surface area (Å²) in [6.45, 7) is 0.178. The maximum atomic E-state index is 13.7. The van der Waals surface area contributed by atoms with Crippen LogP contribution >= 0.6 is 0 Å². The minimum absolute atomic E-state index is 0.142. The van der Waals surface area contributed by atoms with Crippen molar-refractivity contribution in [1.29, 1.82) is 0 Å². The predicted octanol–water partition coefficient (Wildman–Crippen LogP) is -1.47. The van der Waals surface area contributed by atoms with E-state index >= 15 is 0 Å². The molecule has 14 unspecified atom stereocenters. The summed E-state index contributed by atoms with van der Waals surface area (Å²) < 4.78 is 84.0. The lowest BCUT2D eigenvalue weighted by Crippen LogP contribution is -2.72. The van der Waals surface area contributed by atoms with E-state index in [0.717, 1.165) is 78.1 Å². The quantitative estimate of drug-likeness (QED) is 0.0244. The molecule has 0 aliphatic carbocycles. The largest absolute Gasteiger partial charge is 0.477 e. The van der Waals surface area contributed by atoms with Crippen LogP contribution in [0.3, 0.4) is 0 Å². The van der Waals surface area contributed by atoms with E-state index in [4.69, 9.17) is 66.3 Å². The third kappa shape index (κ3) is 35.7. The van der Waals surface area contributed by atoms with E-state index in [2.05, 4.69) is 41.9 Å². The topological polar surface area (TPSA) is 679 Å². The Kier molecular flexibility index (Phi) is 54.7. The van der Waals surface area contributed by atoms with Gasteiger partial charge >= 0.3 is 5.97 Å². The highest BCUT2D eigenvalue weighted by molar-refractivity contribution is 5.77. The van der Waals surface area contributed by atoms with Gasteiger partial charge in [0, 0.05) is 26.7 Å². The normalized spacial score (nSPS) is 36.7. The van der Waals surface area contributed by atoms with Crippen LogP contribution in [0.4, 0.5) is 0 Å². The molecule has 43 nitrogen and oxygen atoms in total. The highest BCUT2D eigenvalue weighted by atomic mass is 16.8. The van der Waals surface area contributed by atoms with Crippen molar-refractivity contribution in [3.05, 3.63) is 24.3 Å². The molecule has 7 fully saturated rings. The van der Waals surface area contributed by atoms with E-state index in [1.54, 1.807) is 6.08 Å². The Morgan fingerprint density at radius 2 is 0.772 bits per heavy atom. The number of unbranched alkanes of at least 4 members (excludes halogenated alkanes) is 30. The Morgan fingerprint density at radius 3 is 1.23 bits per heavy atom.